The van der Waals surface area contributed by atoms with Crippen LogP contribution in [0.4, 0.5) is 0 Å². The van der Waals surface area contributed by atoms with Crippen LogP contribution in [-0.2, 0) is 0 Å². The van der Waals surface area contributed by atoms with Crippen LogP contribution in [0.5, 0.6) is 0 Å². The summed E-state index contributed by atoms with van der Waals surface area (Å²) >= 11 is 0. The van der Waals surface area contributed by atoms with E-state index in [-0.39, 0.29) is 17.1 Å². The smallest absolute Gasteiger partial charge is 0.228 e. The van der Waals surface area contributed by atoms with Crippen molar-refractivity contribution in [1.82, 2.24) is 9.55 Å². The summed E-state index contributed by atoms with van der Waals surface area (Å²) in [6, 6.07) is 28.1. The highest BCUT2D eigenvalue weighted by atomic mass is 16.3. The molecule has 5 nitrogen and oxygen atoms in total. The summed E-state index contributed by atoms with van der Waals surface area (Å²) in [6.07, 6.45) is 1.64. The number of nitrogens with zero attached hydrogens (tertiary/aromatic N) is 2. The lowest BCUT2D eigenvalue weighted by molar-refractivity contribution is 0.0990. The average molecular weight is 416 g/mol. The Balaban J connectivity index is 1.55. The lowest BCUT2D eigenvalue weighted by atomic mass is 10.1. The van der Waals surface area contributed by atoms with Crippen LogP contribution >= 0.6 is 0 Å². The summed E-state index contributed by atoms with van der Waals surface area (Å²) < 4.78 is 7.95. The molecule has 0 bridgehead atoms. The van der Waals surface area contributed by atoms with Gasteiger partial charge in [-0.3, -0.25) is 14.2 Å². The first-order chi connectivity index (χ1) is 15.7. The summed E-state index contributed by atoms with van der Waals surface area (Å²) in [4.78, 5) is 30.6. The van der Waals surface area contributed by atoms with Gasteiger partial charge in [0.15, 0.2) is 22.8 Å². The SMILES string of the molecule is O=C1C(=Cc2cc3oc(-c4ccccc4)nc3n2-c2ccccc2)C(=O)c2ccccc21. The van der Waals surface area contributed by atoms with E-state index < -0.39 is 0 Å². The Morgan fingerprint density at radius 1 is 0.750 bits per heavy atom. The van der Waals surface area contributed by atoms with Gasteiger partial charge < -0.3 is 4.42 Å². The normalized spacial score (nSPS) is 13.1. The highest BCUT2D eigenvalue weighted by Crippen LogP contribution is 2.33. The maximum Gasteiger partial charge on any atom is 0.228 e. The molecular weight excluding hydrogens is 400 g/mol. The third kappa shape index (κ3) is 2.76. The van der Waals surface area contributed by atoms with Gasteiger partial charge in [0.1, 0.15) is 0 Å². The van der Waals surface area contributed by atoms with Gasteiger partial charge in [0.25, 0.3) is 0 Å². The van der Waals surface area contributed by atoms with E-state index >= 15 is 0 Å². The first-order valence-electron chi connectivity index (χ1n) is 10.2. The van der Waals surface area contributed by atoms with E-state index in [0.717, 1.165) is 11.3 Å². The van der Waals surface area contributed by atoms with Crippen molar-refractivity contribution in [2.45, 2.75) is 0 Å². The molecule has 152 valence electrons. The van der Waals surface area contributed by atoms with Crippen molar-refractivity contribution >= 4 is 28.9 Å². The molecule has 2 heterocycles. The number of fused-ring (bicyclic) bond motifs is 2. The number of carbonyl (C=O) groups excluding carboxylic acids is 2. The molecule has 2 aromatic heterocycles. The number of para-hydroxylation sites is 1. The van der Waals surface area contributed by atoms with Crippen molar-refractivity contribution in [2.24, 2.45) is 0 Å². The second-order valence-electron chi connectivity index (χ2n) is 7.57. The van der Waals surface area contributed by atoms with Crippen LogP contribution in [0, 0.1) is 0 Å². The quantitative estimate of drug-likeness (QED) is 0.278. The van der Waals surface area contributed by atoms with Gasteiger partial charge >= 0.3 is 0 Å². The molecule has 0 aliphatic heterocycles. The zero-order valence-electron chi connectivity index (χ0n) is 16.9. The number of benzene rings is 3. The summed E-state index contributed by atoms with van der Waals surface area (Å²) in [7, 11) is 0. The van der Waals surface area contributed by atoms with Crippen LogP contribution < -0.4 is 0 Å². The van der Waals surface area contributed by atoms with Gasteiger partial charge in [-0.1, -0.05) is 60.7 Å². The molecule has 0 fully saturated rings. The molecule has 0 saturated carbocycles. The van der Waals surface area contributed by atoms with E-state index in [1.54, 1.807) is 30.3 Å². The van der Waals surface area contributed by atoms with Gasteiger partial charge in [0.2, 0.25) is 5.89 Å². The van der Waals surface area contributed by atoms with Crippen molar-refractivity contribution in [3.8, 4) is 17.1 Å². The zero-order valence-corrected chi connectivity index (χ0v) is 16.9. The summed E-state index contributed by atoms with van der Waals surface area (Å²) in [5.41, 5.74) is 4.61. The molecule has 0 atom stereocenters. The topological polar surface area (TPSA) is 65.1 Å². The fourth-order valence-corrected chi connectivity index (χ4v) is 4.11. The first kappa shape index (κ1) is 18.3. The number of hydrogen-bond acceptors (Lipinski definition) is 4. The van der Waals surface area contributed by atoms with Gasteiger partial charge in [-0.05, 0) is 30.3 Å². The van der Waals surface area contributed by atoms with Crippen molar-refractivity contribution in [3.63, 3.8) is 0 Å². The van der Waals surface area contributed by atoms with E-state index in [9.17, 15) is 9.59 Å². The van der Waals surface area contributed by atoms with Crippen LogP contribution in [0.1, 0.15) is 26.4 Å². The number of aromatic nitrogens is 2. The number of rotatable bonds is 3. The lowest BCUT2D eigenvalue weighted by Gasteiger charge is -2.07. The Kier molecular flexibility index (Phi) is 4.01. The standard InChI is InChI=1S/C27H16N2O3/c30-24-20-13-7-8-14-21(20)25(31)22(24)15-19-16-23-26(29(19)18-11-5-2-6-12-18)28-27(32-23)17-9-3-1-4-10-17/h1-16H. The summed E-state index contributed by atoms with van der Waals surface area (Å²) in [5, 5.41) is 0. The highest BCUT2D eigenvalue weighted by Gasteiger charge is 2.33. The fraction of sp³-hybridized carbons (Fsp3) is 0. The molecule has 6 rings (SSSR count). The van der Waals surface area contributed by atoms with Crippen LogP contribution in [0.15, 0.2) is 101 Å². The molecule has 0 radical (unpaired) electrons. The second-order valence-corrected chi connectivity index (χ2v) is 7.57. The van der Waals surface area contributed by atoms with Gasteiger partial charge in [-0.25, -0.2) is 0 Å². The molecule has 32 heavy (non-hydrogen) atoms. The predicted octanol–water partition coefficient (Wildman–Crippen LogP) is 5.75. The van der Waals surface area contributed by atoms with Crippen LogP contribution in [0.3, 0.4) is 0 Å². The maximum absolute atomic E-state index is 12.9. The number of hydrogen-bond donors (Lipinski definition) is 0. The maximum atomic E-state index is 12.9. The largest absolute Gasteiger partial charge is 0.434 e. The van der Waals surface area contributed by atoms with E-state index in [2.05, 4.69) is 0 Å². The van der Waals surface area contributed by atoms with Crippen molar-refractivity contribution in [1.29, 1.82) is 0 Å². The number of ketones is 2. The van der Waals surface area contributed by atoms with E-state index in [4.69, 9.17) is 9.40 Å². The Labute approximate surface area is 183 Å². The first-order valence-corrected chi connectivity index (χ1v) is 10.2. The summed E-state index contributed by atoms with van der Waals surface area (Å²) in [6.45, 7) is 0. The van der Waals surface area contributed by atoms with Gasteiger partial charge in [-0.15, -0.1) is 0 Å². The molecular formula is C27H16N2O3. The average Bonchev–Trinajstić information content (AvgIpc) is 3.47. The lowest BCUT2D eigenvalue weighted by Crippen LogP contribution is -2.03. The molecule has 1 aliphatic rings. The third-order valence-electron chi connectivity index (χ3n) is 5.62. The number of oxazole rings is 1. The van der Waals surface area contributed by atoms with Crippen LogP contribution in [0.2, 0.25) is 0 Å². The fourth-order valence-electron chi connectivity index (χ4n) is 4.11. The minimum atomic E-state index is -0.263. The molecule has 5 heteroatoms. The summed E-state index contributed by atoms with van der Waals surface area (Å²) in [5.74, 6) is -0.0122. The van der Waals surface area contributed by atoms with Gasteiger partial charge in [0, 0.05) is 28.4 Å². The van der Waals surface area contributed by atoms with Crippen molar-refractivity contribution < 1.29 is 14.0 Å². The second kappa shape index (κ2) is 7.03. The van der Waals surface area contributed by atoms with Crippen molar-refractivity contribution in [2.75, 3.05) is 0 Å². The molecule has 0 spiro atoms. The van der Waals surface area contributed by atoms with E-state index in [1.165, 1.54) is 0 Å². The van der Waals surface area contributed by atoms with Gasteiger partial charge in [-0.2, -0.15) is 4.98 Å². The highest BCUT2D eigenvalue weighted by molar-refractivity contribution is 6.41. The molecule has 1 aliphatic carbocycles. The van der Waals surface area contributed by atoms with E-state index in [1.807, 2.05) is 71.3 Å². The molecule has 0 N–H and O–H groups in total. The Morgan fingerprint density at radius 3 is 2.00 bits per heavy atom. The number of allylic oxidation sites excluding steroid dienone is 1. The Morgan fingerprint density at radius 2 is 1.34 bits per heavy atom. The number of carbonyl (C=O) groups is 2. The van der Waals surface area contributed by atoms with Crippen molar-refractivity contribution in [3.05, 3.63) is 113 Å². The molecule has 5 aromatic rings. The van der Waals surface area contributed by atoms with Crippen LogP contribution in [0.25, 0.3) is 34.4 Å². The zero-order chi connectivity index (χ0) is 21.7. The number of Topliss-reactive ketones (excluding diaryl/α,β-unsaturated/α-hetero) is 2. The Hall–Kier alpha value is -4.51. The van der Waals surface area contributed by atoms with Gasteiger partial charge in [0.05, 0.1) is 11.3 Å². The molecule has 0 saturated heterocycles. The minimum absolute atomic E-state index is 0.145. The van der Waals surface area contributed by atoms with Crippen LogP contribution in [-0.4, -0.2) is 21.1 Å². The third-order valence-corrected chi connectivity index (χ3v) is 5.62. The monoisotopic (exact) mass is 416 g/mol. The Bertz CT molecular complexity index is 1500. The molecule has 0 amide bonds. The predicted molar refractivity (Wildman–Crippen MR) is 122 cm³/mol. The van der Waals surface area contributed by atoms with E-state index in [0.29, 0.717) is 33.9 Å². The molecule has 0 unspecified atom stereocenters. The molecule has 3 aromatic carbocycles. The minimum Gasteiger partial charge on any atom is -0.434 e.